The summed E-state index contributed by atoms with van der Waals surface area (Å²) < 4.78 is 18.9. The molecule has 4 heteroatoms. The number of aromatic nitrogens is 1. The van der Waals surface area contributed by atoms with E-state index >= 15 is 0 Å². The molecule has 0 aliphatic heterocycles. The molecule has 2 nitrogen and oxygen atoms in total. The molecule has 0 atom stereocenters. The van der Waals surface area contributed by atoms with E-state index in [-0.39, 0.29) is 5.82 Å². The number of ether oxygens (including phenoxy) is 1. The first kappa shape index (κ1) is 11.1. The van der Waals surface area contributed by atoms with Crippen LogP contribution in [-0.2, 0) is 6.61 Å². The van der Waals surface area contributed by atoms with Crippen LogP contribution in [0, 0.1) is 5.82 Å². The molecule has 0 saturated heterocycles. The fourth-order valence-electron chi connectivity index (χ4n) is 1.19. The first-order valence-corrected chi connectivity index (χ1v) is 5.52. The van der Waals surface area contributed by atoms with Gasteiger partial charge in [0.05, 0.1) is 6.20 Å². The van der Waals surface area contributed by atoms with Gasteiger partial charge in [-0.25, -0.2) is 9.37 Å². The van der Waals surface area contributed by atoms with E-state index in [1.807, 2.05) is 6.07 Å². The summed E-state index contributed by atoms with van der Waals surface area (Å²) >= 11 is 3.24. The van der Waals surface area contributed by atoms with Gasteiger partial charge in [0.1, 0.15) is 22.8 Å². The van der Waals surface area contributed by atoms with Gasteiger partial charge in [0.2, 0.25) is 0 Å². The summed E-state index contributed by atoms with van der Waals surface area (Å²) in [6.07, 6.45) is 1.63. The van der Waals surface area contributed by atoms with Crippen molar-refractivity contribution in [3.8, 4) is 5.75 Å². The molecule has 82 valence electrons. The van der Waals surface area contributed by atoms with Crippen LogP contribution in [0.5, 0.6) is 5.75 Å². The van der Waals surface area contributed by atoms with E-state index in [9.17, 15) is 4.39 Å². The first-order valence-electron chi connectivity index (χ1n) is 4.73. The Morgan fingerprint density at radius 1 is 1.12 bits per heavy atom. The van der Waals surface area contributed by atoms with E-state index in [1.54, 1.807) is 24.4 Å². The minimum absolute atomic E-state index is 0.242. The van der Waals surface area contributed by atoms with Crippen LogP contribution in [0.1, 0.15) is 5.56 Å². The van der Waals surface area contributed by atoms with Gasteiger partial charge in [0.15, 0.2) is 0 Å². The molecule has 0 spiro atoms. The van der Waals surface area contributed by atoms with Crippen LogP contribution in [0.3, 0.4) is 0 Å². The van der Waals surface area contributed by atoms with Crippen molar-refractivity contribution in [1.29, 1.82) is 0 Å². The van der Waals surface area contributed by atoms with E-state index in [0.29, 0.717) is 12.4 Å². The van der Waals surface area contributed by atoms with Crippen molar-refractivity contribution >= 4 is 15.9 Å². The zero-order valence-corrected chi connectivity index (χ0v) is 9.95. The summed E-state index contributed by atoms with van der Waals surface area (Å²) in [6, 6.07) is 9.85. The Bertz CT molecular complexity index is 410. The normalized spacial score (nSPS) is 10.1. The van der Waals surface area contributed by atoms with E-state index in [0.717, 1.165) is 10.2 Å². The molecular formula is C12H9BrFNO. The van der Waals surface area contributed by atoms with Gasteiger partial charge in [-0.1, -0.05) is 12.1 Å². The largest absolute Gasteiger partial charge is 0.487 e. The average molecular weight is 282 g/mol. The van der Waals surface area contributed by atoms with Gasteiger partial charge in [-0.3, -0.25) is 0 Å². The second-order valence-corrected chi connectivity index (χ2v) is 4.04. The number of nitrogens with zero attached hydrogens (tertiary/aromatic N) is 1. The lowest BCUT2D eigenvalue weighted by Crippen LogP contribution is -1.95. The van der Waals surface area contributed by atoms with Gasteiger partial charge in [-0.2, -0.15) is 0 Å². The molecule has 0 bridgehead atoms. The molecule has 1 heterocycles. The van der Waals surface area contributed by atoms with Gasteiger partial charge in [-0.05, 0) is 45.8 Å². The highest BCUT2D eigenvalue weighted by Crippen LogP contribution is 2.14. The number of rotatable bonds is 3. The zero-order valence-electron chi connectivity index (χ0n) is 8.36. The van der Waals surface area contributed by atoms with Crippen molar-refractivity contribution in [1.82, 2.24) is 4.98 Å². The van der Waals surface area contributed by atoms with Crippen LogP contribution in [0.4, 0.5) is 4.39 Å². The third kappa shape index (κ3) is 3.03. The second kappa shape index (κ2) is 5.07. The molecule has 0 aliphatic carbocycles. The Morgan fingerprint density at radius 2 is 1.88 bits per heavy atom. The van der Waals surface area contributed by atoms with Crippen molar-refractivity contribution in [2.45, 2.75) is 6.61 Å². The smallest absolute Gasteiger partial charge is 0.138 e. The highest BCUT2D eigenvalue weighted by molar-refractivity contribution is 9.10. The molecule has 0 fully saturated rings. The molecule has 2 aromatic rings. The van der Waals surface area contributed by atoms with Gasteiger partial charge in [-0.15, -0.1) is 0 Å². The van der Waals surface area contributed by atoms with Gasteiger partial charge < -0.3 is 4.74 Å². The molecule has 16 heavy (non-hydrogen) atoms. The Labute approximate surface area is 101 Å². The Kier molecular flexibility index (Phi) is 3.51. The van der Waals surface area contributed by atoms with E-state index in [4.69, 9.17) is 4.74 Å². The van der Waals surface area contributed by atoms with Crippen LogP contribution in [0.25, 0.3) is 0 Å². The molecule has 1 aromatic carbocycles. The highest BCUT2D eigenvalue weighted by atomic mass is 79.9. The molecule has 0 unspecified atom stereocenters. The Morgan fingerprint density at radius 3 is 2.50 bits per heavy atom. The third-order valence-electron chi connectivity index (χ3n) is 2.02. The Balaban J connectivity index is 1.97. The lowest BCUT2D eigenvalue weighted by Gasteiger charge is -2.05. The minimum atomic E-state index is -0.242. The van der Waals surface area contributed by atoms with Crippen molar-refractivity contribution < 1.29 is 9.13 Å². The lowest BCUT2D eigenvalue weighted by molar-refractivity contribution is 0.304. The van der Waals surface area contributed by atoms with Crippen molar-refractivity contribution in [2.24, 2.45) is 0 Å². The number of hydrogen-bond donors (Lipinski definition) is 0. The molecule has 0 N–H and O–H groups in total. The molecule has 0 aliphatic rings. The number of benzene rings is 1. The highest BCUT2D eigenvalue weighted by Gasteiger charge is 1.97. The van der Waals surface area contributed by atoms with Crippen LogP contribution in [0.15, 0.2) is 47.2 Å². The first-order chi connectivity index (χ1) is 7.74. The van der Waals surface area contributed by atoms with Gasteiger partial charge in [0, 0.05) is 0 Å². The van der Waals surface area contributed by atoms with E-state index < -0.39 is 0 Å². The van der Waals surface area contributed by atoms with Gasteiger partial charge >= 0.3 is 0 Å². The summed E-state index contributed by atoms with van der Waals surface area (Å²) in [4.78, 5) is 4.04. The molecule has 0 radical (unpaired) electrons. The maximum absolute atomic E-state index is 12.6. The zero-order chi connectivity index (χ0) is 11.4. The fourth-order valence-corrected chi connectivity index (χ4v) is 1.43. The third-order valence-corrected chi connectivity index (χ3v) is 2.49. The van der Waals surface area contributed by atoms with Crippen LogP contribution >= 0.6 is 15.9 Å². The topological polar surface area (TPSA) is 22.1 Å². The Hall–Kier alpha value is -1.42. The molecular weight excluding hydrogens is 273 g/mol. The predicted molar refractivity (Wildman–Crippen MR) is 62.7 cm³/mol. The number of hydrogen-bond acceptors (Lipinski definition) is 2. The second-order valence-electron chi connectivity index (χ2n) is 3.23. The maximum atomic E-state index is 12.6. The monoisotopic (exact) mass is 281 g/mol. The lowest BCUT2D eigenvalue weighted by atomic mass is 10.2. The van der Waals surface area contributed by atoms with E-state index in [2.05, 4.69) is 20.9 Å². The summed E-state index contributed by atoms with van der Waals surface area (Å²) in [5, 5.41) is 0. The van der Waals surface area contributed by atoms with Crippen LogP contribution in [0.2, 0.25) is 0 Å². The average Bonchev–Trinajstić information content (AvgIpc) is 2.30. The van der Waals surface area contributed by atoms with Crippen molar-refractivity contribution in [3.05, 3.63) is 58.6 Å². The molecule has 2 rings (SSSR count). The summed E-state index contributed by atoms with van der Waals surface area (Å²) in [5.41, 5.74) is 0.921. The van der Waals surface area contributed by atoms with Crippen molar-refractivity contribution in [2.75, 3.05) is 0 Å². The van der Waals surface area contributed by atoms with E-state index in [1.165, 1.54) is 12.1 Å². The number of halogens is 2. The quantitative estimate of drug-likeness (QED) is 0.803. The molecule has 0 saturated carbocycles. The standard InChI is InChI=1S/C12H9BrFNO/c13-12-6-5-11(7-15-12)16-8-9-1-3-10(14)4-2-9/h1-7H,8H2. The number of pyridine rings is 1. The van der Waals surface area contributed by atoms with Crippen molar-refractivity contribution in [3.63, 3.8) is 0 Å². The minimum Gasteiger partial charge on any atom is -0.487 e. The summed E-state index contributed by atoms with van der Waals surface area (Å²) in [6.45, 7) is 0.406. The molecule has 0 amide bonds. The van der Waals surface area contributed by atoms with Gasteiger partial charge in [0.25, 0.3) is 0 Å². The SMILES string of the molecule is Fc1ccc(COc2ccc(Br)nc2)cc1. The molecule has 1 aromatic heterocycles. The predicted octanol–water partition coefficient (Wildman–Crippen LogP) is 3.56. The summed E-state index contributed by atoms with van der Waals surface area (Å²) in [5.74, 6) is 0.446. The maximum Gasteiger partial charge on any atom is 0.138 e. The van der Waals surface area contributed by atoms with Crippen LogP contribution in [-0.4, -0.2) is 4.98 Å². The fraction of sp³-hybridized carbons (Fsp3) is 0.0833. The summed E-state index contributed by atoms with van der Waals surface area (Å²) in [7, 11) is 0. The van der Waals surface area contributed by atoms with Crippen LogP contribution < -0.4 is 4.74 Å².